The summed E-state index contributed by atoms with van der Waals surface area (Å²) < 4.78 is 16.6. The highest BCUT2D eigenvalue weighted by Gasteiger charge is 2.41. The average Bonchev–Trinajstić information content (AvgIpc) is 3.27. The Morgan fingerprint density at radius 2 is 1.81 bits per heavy atom. The third-order valence-corrected chi connectivity index (χ3v) is 6.85. The maximum absolute atomic E-state index is 13.3. The number of hydrogen-bond acceptors (Lipinski definition) is 8. The summed E-state index contributed by atoms with van der Waals surface area (Å²) in [5, 5.41) is 5.60. The van der Waals surface area contributed by atoms with Gasteiger partial charge in [0.1, 0.15) is 0 Å². The SMILES string of the molecule is COc1ccc(C2C(C(=O)OC(C)C)=C(C)N=C3SC=C(CC(=O)NCc4ccccc4)N32)cc1OC. The van der Waals surface area contributed by atoms with E-state index in [1.165, 1.54) is 11.8 Å². The summed E-state index contributed by atoms with van der Waals surface area (Å²) in [5.41, 5.74) is 3.55. The average molecular weight is 522 g/mol. The van der Waals surface area contributed by atoms with Gasteiger partial charge in [0.05, 0.1) is 44.1 Å². The molecule has 1 N–H and O–H groups in total. The molecule has 2 aliphatic rings. The summed E-state index contributed by atoms with van der Waals surface area (Å²) >= 11 is 1.43. The molecule has 2 heterocycles. The first kappa shape index (κ1) is 26.3. The molecule has 1 unspecified atom stereocenters. The zero-order valence-electron chi connectivity index (χ0n) is 21.6. The number of carbonyl (C=O) groups is 2. The van der Waals surface area contributed by atoms with Crippen LogP contribution in [-0.4, -0.2) is 42.3 Å². The maximum atomic E-state index is 13.3. The van der Waals surface area contributed by atoms with Gasteiger partial charge in [0.25, 0.3) is 0 Å². The zero-order chi connectivity index (χ0) is 26.5. The molecule has 194 valence electrons. The number of esters is 1. The van der Waals surface area contributed by atoms with Gasteiger partial charge >= 0.3 is 5.97 Å². The summed E-state index contributed by atoms with van der Waals surface area (Å²) in [6.07, 6.45) is -0.162. The number of thioether (sulfide) groups is 1. The Bertz CT molecular complexity index is 1270. The first-order valence-corrected chi connectivity index (χ1v) is 12.9. The van der Waals surface area contributed by atoms with Gasteiger partial charge < -0.3 is 24.4 Å². The summed E-state index contributed by atoms with van der Waals surface area (Å²) in [6.45, 7) is 5.86. The molecule has 2 aliphatic heterocycles. The van der Waals surface area contributed by atoms with E-state index in [9.17, 15) is 9.59 Å². The Balaban J connectivity index is 1.67. The van der Waals surface area contributed by atoms with Crippen LogP contribution in [0.5, 0.6) is 11.5 Å². The van der Waals surface area contributed by atoms with E-state index in [4.69, 9.17) is 19.2 Å². The smallest absolute Gasteiger partial charge is 0.338 e. The normalized spacial score (nSPS) is 16.7. The topological polar surface area (TPSA) is 89.5 Å². The predicted octanol–water partition coefficient (Wildman–Crippen LogP) is 4.94. The minimum Gasteiger partial charge on any atom is -0.493 e. The number of methoxy groups -OCH3 is 2. The lowest BCUT2D eigenvalue weighted by atomic mass is 9.93. The Labute approximate surface area is 221 Å². The van der Waals surface area contributed by atoms with E-state index in [2.05, 4.69) is 5.32 Å². The largest absolute Gasteiger partial charge is 0.493 e. The summed E-state index contributed by atoms with van der Waals surface area (Å²) in [4.78, 5) is 32.9. The molecule has 0 saturated heterocycles. The number of amidine groups is 1. The first-order chi connectivity index (χ1) is 17.8. The number of benzene rings is 2. The lowest BCUT2D eigenvalue weighted by molar-refractivity contribution is -0.143. The Hall–Kier alpha value is -3.72. The van der Waals surface area contributed by atoms with E-state index in [1.807, 2.05) is 66.6 Å². The van der Waals surface area contributed by atoms with E-state index in [0.717, 1.165) is 16.8 Å². The van der Waals surface area contributed by atoms with Gasteiger partial charge in [-0.05, 0) is 49.4 Å². The number of nitrogens with zero attached hydrogens (tertiary/aromatic N) is 2. The molecule has 8 nitrogen and oxygen atoms in total. The molecule has 37 heavy (non-hydrogen) atoms. The molecular weight excluding hydrogens is 490 g/mol. The first-order valence-electron chi connectivity index (χ1n) is 12.0. The van der Waals surface area contributed by atoms with Gasteiger partial charge in [0, 0.05) is 12.2 Å². The number of ether oxygens (including phenoxy) is 3. The second kappa shape index (κ2) is 11.6. The van der Waals surface area contributed by atoms with Crippen LogP contribution in [0, 0.1) is 0 Å². The highest BCUT2D eigenvalue weighted by molar-refractivity contribution is 8.16. The standard InChI is InChI=1S/C28H31N3O5S/c1-17(2)36-27(33)25-18(3)30-28-31(26(25)20-11-12-22(34-4)23(13-20)35-5)21(16-37-28)14-24(32)29-15-19-9-7-6-8-10-19/h6-13,16-17,26H,14-15H2,1-5H3,(H,29,32). The number of carbonyl (C=O) groups excluding carboxylic acids is 2. The van der Waals surface area contributed by atoms with Crippen LogP contribution in [0.2, 0.25) is 0 Å². The van der Waals surface area contributed by atoms with Gasteiger partial charge in [-0.25, -0.2) is 9.79 Å². The second-order valence-electron chi connectivity index (χ2n) is 8.90. The molecule has 0 aliphatic carbocycles. The molecule has 0 bridgehead atoms. The summed E-state index contributed by atoms with van der Waals surface area (Å²) in [5.74, 6) is 0.548. The number of allylic oxidation sites excluding steroid dienone is 1. The van der Waals surface area contributed by atoms with E-state index in [-0.39, 0.29) is 18.4 Å². The second-order valence-corrected chi connectivity index (χ2v) is 9.74. The van der Waals surface area contributed by atoms with Crippen LogP contribution in [-0.2, 0) is 20.9 Å². The molecule has 0 aromatic heterocycles. The Morgan fingerprint density at radius 3 is 2.49 bits per heavy atom. The molecule has 1 amide bonds. The molecule has 0 saturated carbocycles. The highest BCUT2D eigenvalue weighted by atomic mass is 32.2. The van der Waals surface area contributed by atoms with Crippen LogP contribution < -0.4 is 14.8 Å². The number of aliphatic imine (C=N–C) groups is 1. The van der Waals surface area contributed by atoms with Gasteiger partial charge in [0.15, 0.2) is 16.7 Å². The number of nitrogens with one attached hydrogen (secondary N) is 1. The van der Waals surface area contributed by atoms with Crippen molar-refractivity contribution in [1.29, 1.82) is 0 Å². The molecule has 4 rings (SSSR count). The van der Waals surface area contributed by atoms with Crippen molar-refractivity contribution < 1.29 is 23.8 Å². The van der Waals surface area contributed by atoms with Gasteiger partial charge in [-0.2, -0.15) is 0 Å². The molecule has 0 radical (unpaired) electrons. The summed E-state index contributed by atoms with van der Waals surface area (Å²) in [6, 6.07) is 14.7. The van der Waals surface area contributed by atoms with Crippen molar-refractivity contribution in [3.8, 4) is 11.5 Å². The van der Waals surface area contributed by atoms with Gasteiger partial charge in [-0.1, -0.05) is 48.2 Å². The van der Waals surface area contributed by atoms with Crippen LogP contribution in [0.3, 0.4) is 0 Å². The van der Waals surface area contributed by atoms with Crippen molar-refractivity contribution in [3.63, 3.8) is 0 Å². The lowest BCUT2D eigenvalue weighted by Crippen LogP contribution is -2.38. The van der Waals surface area contributed by atoms with Crippen LogP contribution in [0.15, 0.2) is 75.9 Å². The number of fused-ring (bicyclic) bond motifs is 1. The van der Waals surface area contributed by atoms with Crippen molar-refractivity contribution in [2.75, 3.05) is 14.2 Å². The van der Waals surface area contributed by atoms with Crippen molar-refractivity contribution in [1.82, 2.24) is 10.2 Å². The Kier molecular flexibility index (Phi) is 8.23. The number of rotatable bonds is 9. The predicted molar refractivity (Wildman–Crippen MR) is 144 cm³/mol. The third-order valence-electron chi connectivity index (χ3n) is 5.96. The van der Waals surface area contributed by atoms with Crippen molar-refractivity contribution in [3.05, 3.63) is 82.0 Å². The summed E-state index contributed by atoms with van der Waals surface area (Å²) in [7, 11) is 3.14. The highest BCUT2D eigenvalue weighted by Crippen LogP contribution is 2.46. The molecule has 2 aromatic rings. The van der Waals surface area contributed by atoms with Crippen molar-refractivity contribution in [2.24, 2.45) is 4.99 Å². The fourth-order valence-electron chi connectivity index (χ4n) is 4.27. The Morgan fingerprint density at radius 1 is 1.08 bits per heavy atom. The van der Waals surface area contributed by atoms with Gasteiger partial charge in [0.2, 0.25) is 5.91 Å². The van der Waals surface area contributed by atoms with Crippen LogP contribution in [0.4, 0.5) is 0 Å². The molecule has 0 fully saturated rings. The third kappa shape index (κ3) is 5.83. The molecular formula is C28H31N3O5S. The van der Waals surface area contributed by atoms with Crippen LogP contribution >= 0.6 is 11.8 Å². The van der Waals surface area contributed by atoms with E-state index in [0.29, 0.717) is 34.5 Å². The van der Waals surface area contributed by atoms with Gasteiger partial charge in [-0.15, -0.1) is 0 Å². The van der Waals surface area contributed by atoms with E-state index >= 15 is 0 Å². The fraction of sp³-hybridized carbons (Fsp3) is 0.321. The molecule has 0 spiro atoms. The fourth-order valence-corrected chi connectivity index (χ4v) is 5.23. The van der Waals surface area contributed by atoms with E-state index < -0.39 is 12.0 Å². The minimum atomic E-state index is -0.554. The zero-order valence-corrected chi connectivity index (χ0v) is 22.4. The van der Waals surface area contributed by atoms with Crippen molar-refractivity contribution in [2.45, 2.75) is 45.9 Å². The minimum absolute atomic E-state index is 0.124. The molecule has 2 aromatic carbocycles. The quantitative estimate of drug-likeness (QED) is 0.468. The van der Waals surface area contributed by atoms with Crippen LogP contribution in [0.1, 0.15) is 44.4 Å². The number of amides is 1. The van der Waals surface area contributed by atoms with Crippen LogP contribution in [0.25, 0.3) is 0 Å². The maximum Gasteiger partial charge on any atom is 0.338 e. The van der Waals surface area contributed by atoms with Crippen molar-refractivity contribution >= 4 is 28.8 Å². The number of hydrogen-bond donors (Lipinski definition) is 1. The molecule has 1 atom stereocenters. The van der Waals surface area contributed by atoms with Gasteiger partial charge in [-0.3, -0.25) is 4.79 Å². The lowest BCUT2D eigenvalue weighted by Gasteiger charge is -2.36. The molecule has 9 heteroatoms. The van der Waals surface area contributed by atoms with E-state index in [1.54, 1.807) is 27.2 Å². The monoisotopic (exact) mass is 521 g/mol.